The van der Waals surface area contributed by atoms with Gasteiger partial charge >= 0.3 is 0 Å². The van der Waals surface area contributed by atoms with E-state index in [1.165, 1.54) is 25.1 Å². The molecule has 0 radical (unpaired) electrons. The molecule has 0 bridgehead atoms. The Morgan fingerprint density at radius 3 is 2.81 bits per heavy atom. The minimum absolute atomic E-state index is 0.640. The number of benzene rings is 1. The molecule has 2 heteroatoms. The second-order valence-corrected chi connectivity index (χ2v) is 4.85. The van der Waals surface area contributed by atoms with Crippen LogP contribution in [-0.2, 0) is 6.54 Å². The molecule has 1 heterocycles. The van der Waals surface area contributed by atoms with Crippen molar-refractivity contribution in [1.29, 1.82) is 0 Å². The van der Waals surface area contributed by atoms with Crippen LogP contribution in [0.25, 0.3) is 0 Å². The lowest BCUT2D eigenvalue weighted by Gasteiger charge is -2.20. The highest BCUT2D eigenvalue weighted by Crippen LogP contribution is 2.21. The number of likely N-dealkylation sites (tertiary alicyclic amines) is 1. The average Bonchev–Trinajstić information content (AvgIpc) is 2.78. The molecule has 0 aliphatic carbocycles. The molecule has 0 amide bonds. The molecule has 1 fully saturated rings. The molecule has 88 valence electrons. The molecule has 1 N–H and O–H groups in total. The third-order valence-electron chi connectivity index (χ3n) is 3.72. The topological polar surface area (TPSA) is 15.3 Å². The number of nitrogens with zero attached hydrogens (tertiary/aromatic N) is 1. The van der Waals surface area contributed by atoms with Gasteiger partial charge in [0.2, 0.25) is 0 Å². The Morgan fingerprint density at radius 1 is 1.38 bits per heavy atom. The lowest BCUT2D eigenvalue weighted by atomic mass is 10.0. The molecule has 2 nitrogen and oxygen atoms in total. The van der Waals surface area contributed by atoms with Gasteiger partial charge in [-0.25, -0.2) is 0 Å². The summed E-state index contributed by atoms with van der Waals surface area (Å²) in [6.45, 7) is 5.87. The zero-order chi connectivity index (χ0) is 11.4. The van der Waals surface area contributed by atoms with Crippen molar-refractivity contribution >= 4 is 0 Å². The van der Waals surface area contributed by atoms with Crippen LogP contribution in [0.5, 0.6) is 0 Å². The zero-order valence-electron chi connectivity index (χ0n) is 10.3. The predicted octanol–water partition coefficient (Wildman–Crippen LogP) is 2.12. The normalized spacial score (nSPS) is 23.5. The molecular formula is C14H22N2. The predicted molar refractivity (Wildman–Crippen MR) is 68.3 cm³/mol. The van der Waals surface area contributed by atoms with Gasteiger partial charge in [-0.15, -0.1) is 0 Å². The third-order valence-corrected chi connectivity index (χ3v) is 3.72. The van der Waals surface area contributed by atoms with E-state index in [0.717, 1.165) is 12.5 Å². The maximum absolute atomic E-state index is 3.36. The molecule has 16 heavy (non-hydrogen) atoms. The summed E-state index contributed by atoms with van der Waals surface area (Å²) in [5.74, 6) is 0.814. The van der Waals surface area contributed by atoms with Crippen molar-refractivity contribution in [3.8, 4) is 0 Å². The minimum atomic E-state index is 0.640. The maximum atomic E-state index is 3.36. The average molecular weight is 218 g/mol. The van der Waals surface area contributed by atoms with Gasteiger partial charge in [0.1, 0.15) is 0 Å². The van der Waals surface area contributed by atoms with E-state index in [1.807, 2.05) is 0 Å². The van der Waals surface area contributed by atoms with Crippen molar-refractivity contribution in [2.24, 2.45) is 5.92 Å². The van der Waals surface area contributed by atoms with Crippen LogP contribution in [0.1, 0.15) is 18.9 Å². The van der Waals surface area contributed by atoms with Crippen molar-refractivity contribution in [1.82, 2.24) is 10.2 Å². The first-order valence-electron chi connectivity index (χ1n) is 6.23. The molecule has 1 aromatic carbocycles. The Bertz CT molecular complexity index is 310. The van der Waals surface area contributed by atoms with Crippen LogP contribution in [0.4, 0.5) is 0 Å². The first-order chi connectivity index (χ1) is 7.79. The van der Waals surface area contributed by atoms with Crippen molar-refractivity contribution in [2.75, 3.05) is 20.1 Å². The quantitative estimate of drug-likeness (QED) is 0.832. The van der Waals surface area contributed by atoms with Crippen molar-refractivity contribution in [3.05, 3.63) is 35.9 Å². The highest BCUT2D eigenvalue weighted by molar-refractivity contribution is 5.14. The molecule has 2 atom stereocenters. The van der Waals surface area contributed by atoms with Gasteiger partial charge in [0.15, 0.2) is 0 Å². The van der Waals surface area contributed by atoms with Crippen molar-refractivity contribution in [3.63, 3.8) is 0 Å². The van der Waals surface area contributed by atoms with Gasteiger partial charge in [0.25, 0.3) is 0 Å². The number of rotatable bonds is 4. The van der Waals surface area contributed by atoms with Gasteiger partial charge < -0.3 is 5.32 Å². The molecule has 2 rings (SSSR count). The Morgan fingerprint density at radius 2 is 2.12 bits per heavy atom. The molecule has 0 unspecified atom stereocenters. The first kappa shape index (κ1) is 11.6. The van der Waals surface area contributed by atoms with Crippen molar-refractivity contribution in [2.45, 2.75) is 25.9 Å². The standard InChI is InChI=1S/C14H22N2/c1-12(15-2)14-8-9-16(11-14)10-13-6-4-3-5-7-13/h3-7,12,14-15H,8-11H2,1-2H3/t12-,14-/m0/s1. The van der Waals surface area contributed by atoms with E-state index in [1.54, 1.807) is 0 Å². The highest BCUT2D eigenvalue weighted by Gasteiger charge is 2.25. The molecule has 0 saturated carbocycles. The number of hydrogen-bond donors (Lipinski definition) is 1. The van der Waals surface area contributed by atoms with Gasteiger partial charge in [-0.2, -0.15) is 0 Å². The lowest BCUT2D eigenvalue weighted by Crippen LogP contribution is -2.32. The second kappa shape index (κ2) is 5.46. The van der Waals surface area contributed by atoms with Gasteiger partial charge in [0.05, 0.1) is 0 Å². The van der Waals surface area contributed by atoms with Crippen LogP contribution < -0.4 is 5.32 Å². The van der Waals surface area contributed by atoms with Crippen LogP contribution in [0.15, 0.2) is 30.3 Å². The monoisotopic (exact) mass is 218 g/mol. The Balaban J connectivity index is 1.85. The van der Waals surface area contributed by atoms with E-state index in [4.69, 9.17) is 0 Å². The Kier molecular flexibility index (Phi) is 3.97. The fourth-order valence-electron chi connectivity index (χ4n) is 2.49. The number of hydrogen-bond acceptors (Lipinski definition) is 2. The molecule has 1 saturated heterocycles. The zero-order valence-corrected chi connectivity index (χ0v) is 10.3. The van der Waals surface area contributed by atoms with Gasteiger partial charge in [-0.3, -0.25) is 4.90 Å². The smallest absolute Gasteiger partial charge is 0.0233 e. The summed E-state index contributed by atoms with van der Waals surface area (Å²) in [7, 11) is 2.06. The van der Waals surface area contributed by atoms with E-state index in [-0.39, 0.29) is 0 Å². The fraction of sp³-hybridized carbons (Fsp3) is 0.571. The molecule has 1 aliphatic rings. The summed E-state index contributed by atoms with van der Waals surface area (Å²) >= 11 is 0. The lowest BCUT2D eigenvalue weighted by molar-refractivity contribution is 0.301. The Hall–Kier alpha value is -0.860. The molecule has 0 spiro atoms. The summed E-state index contributed by atoms with van der Waals surface area (Å²) in [6, 6.07) is 11.4. The van der Waals surface area contributed by atoms with E-state index < -0.39 is 0 Å². The van der Waals surface area contributed by atoms with Crippen LogP contribution in [0.2, 0.25) is 0 Å². The van der Waals surface area contributed by atoms with E-state index in [0.29, 0.717) is 6.04 Å². The summed E-state index contributed by atoms with van der Waals surface area (Å²) in [6.07, 6.45) is 1.33. The van der Waals surface area contributed by atoms with Crippen LogP contribution in [0, 0.1) is 5.92 Å². The fourth-order valence-corrected chi connectivity index (χ4v) is 2.49. The summed E-state index contributed by atoms with van der Waals surface area (Å²) in [4.78, 5) is 2.56. The SMILES string of the molecule is CN[C@@H](C)[C@H]1CCN(Cc2ccccc2)C1. The highest BCUT2D eigenvalue weighted by atomic mass is 15.1. The second-order valence-electron chi connectivity index (χ2n) is 4.85. The van der Waals surface area contributed by atoms with E-state index in [9.17, 15) is 0 Å². The Labute approximate surface area is 98.7 Å². The molecule has 0 aromatic heterocycles. The van der Waals surface area contributed by atoms with Gasteiger partial charge in [-0.05, 0) is 38.4 Å². The summed E-state index contributed by atoms with van der Waals surface area (Å²) in [5.41, 5.74) is 1.43. The molecule has 1 aromatic rings. The first-order valence-corrected chi connectivity index (χ1v) is 6.23. The minimum Gasteiger partial charge on any atom is -0.317 e. The third kappa shape index (κ3) is 2.83. The number of nitrogens with one attached hydrogen (secondary N) is 1. The summed E-state index contributed by atoms with van der Waals surface area (Å²) in [5, 5.41) is 3.36. The van der Waals surface area contributed by atoms with Gasteiger partial charge in [0, 0.05) is 19.1 Å². The maximum Gasteiger partial charge on any atom is 0.0233 e. The van der Waals surface area contributed by atoms with Crippen LogP contribution >= 0.6 is 0 Å². The van der Waals surface area contributed by atoms with Crippen LogP contribution in [-0.4, -0.2) is 31.1 Å². The van der Waals surface area contributed by atoms with Gasteiger partial charge in [-0.1, -0.05) is 30.3 Å². The summed E-state index contributed by atoms with van der Waals surface area (Å²) < 4.78 is 0. The van der Waals surface area contributed by atoms with E-state index in [2.05, 4.69) is 54.5 Å². The van der Waals surface area contributed by atoms with Crippen LogP contribution in [0.3, 0.4) is 0 Å². The van der Waals surface area contributed by atoms with E-state index >= 15 is 0 Å². The molecule has 1 aliphatic heterocycles. The van der Waals surface area contributed by atoms with Crippen molar-refractivity contribution < 1.29 is 0 Å². The largest absolute Gasteiger partial charge is 0.317 e. The molecular weight excluding hydrogens is 196 g/mol.